The zero-order valence-electron chi connectivity index (χ0n) is 8.68. The smallest absolute Gasteiger partial charge is 0.0622 e. The largest absolute Gasteiger partial charge is 0.272 e. The molecule has 0 saturated carbocycles. The summed E-state index contributed by atoms with van der Waals surface area (Å²) in [6.45, 7) is 0. The third-order valence-electron chi connectivity index (χ3n) is 2.63. The van der Waals surface area contributed by atoms with Crippen molar-refractivity contribution in [2.45, 2.75) is 11.3 Å². The first-order chi connectivity index (χ1) is 7.93. The number of hydrogen-bond acceptors (Lipinski definition) is 2. The van der Waals surface area contributed by atoms with Crippen molar-refractivity contribution in [2.24, 2.45) is 4.99 Å². The maximum absolute atomic E-state index is 4.31. The summed E-state index contributed by atoms with van der Waals surface area (Å²) in [7, 11) is 0. The molecule has 1 aliphatic heterocycles. The third-order valence-corrected chi connectivity index (χ3v) is 3.36. The van der Waals surface area contributed by atoms with E-state index in [2.05, 4.69) is 53.0 Å². The second kappa shape index (κ2) is 4.09. The van der Waals surface area contributed by atoms with Crippen LogP contribution < -0.4 is 0 Å². The first-order valence-electron chi connectivity index (χ1n) is 5.22. The number of thioether (sulfide) groups is 1. The minimum atomic E-state index is 0.940. The Balaban J connectivity index is 1.97. The van der Waals surface area contributed by atoms with E-state index in [-0.39, 0.29) is 0 Å². The van der Waals surface area contributed by atoms with E-state index in [1.54, 1.807) is 11.8 Å². The molecule has 2 heteroatoms. The highest BCUT2D eigenvalue weighted by Gasteiger charge is 2.23. The van der Waals surface area contributed by atoms with Gasteiger partial charge in [-0.15, -0.1) is 0 Å². The van der Waals surface area contributed by atoms with Crippen LogP contribution >= 0.6 is 11.8 Å². The van der Waals surface area contributed by atoms with E-state index < -0.39 is 0 Å². The molecule has 0 atom stereocenters. The first kappa shape index (κ1) is 9.59. The van der Waals surface area contributed by atoms with Crippen LogP contribution in [0.4, 0.5) is 5.69 Å². The lowest BCUT2D eigenvalue weighted by molar-refractivity contribution is 1.16. The SMILES string of the molecule is [C+]1=Nc2c(Cc3ccccc3)cccc2S1. The Morgan fingerprint density at radius 1 is 1.00 bits per heavy atom. The average Bonchev–Trinajstić information content (AvgIpc) is 2.80. The molecule has 0 aliphatic carbocycles. The average molecular weight is 224 g/mol. The minimum absolute atomic E-state index is 0.940. The van der Waals surface area contributed by atoms with E-state index in [1.807, 2.05) is 6.07 Å². The normalized spacial score (nSPS) is 12.2. The van der Waals surface area contributed by atoms with Gasteiger partial charge in [-0.05, 0) is 17.7 Å². The second-order valence-corrected chi connectivity index (χ2v) is 4.56. The number of rotatable bonds is 2. The predicted molar refractivity (Wildman–Crippen MR) is 68.6 cm³/mol. The lowest BCUT2D eigenvalue weighted by Crippen LogP contribution is -1.88. The molecule has 0 radical (unpaired) electrons. The molecule has 0 aromatic heterocycles. The van der Waals surface area contributed by atoms with Gasteiger partial charge in [0.05, 0.1) is 5.56 Å². The van der Waals surface area contributed by atoms with E-state index in [4.69, 9.17) is 0 Å². The molecule has 0 saturated heterocycles. The Morgan fingerprint density at radius 2 is 1.88 bits per heavy atom. The van der Waals surface area contributed by atoms with Gasteiger partial charge in [0.15, 0.2) is 4.90 Å². The highest BCUT2D eigenvalue weighted by Crippen LogP contribution is 2.37. The molecule has 0 spiro atoms. The first-order valence-corrected chi connectivity index (χ1v) is 6.03. The van der Waals surface area contributed by atoms with E-state index in [1.165, 1.54) is 16.0 Å². The van der Waals surface area contributed by atoms with Gasteiger partial charge in [0.25, 0.3) is 5.55 Å². The highest BCUT2D eigenvalue weighted by atomic mass is 32.2. The predicted octanol–water partition coefficient (Wildman–Crippen LogP) is 3.92. The molecule has 0 fully saturated rings. The fraction of sp³-hybridized carbons (Fsp3) is 0.0714. The van der Waals surface area contributed by atoms with Crippen LogP contribution in [0, 0.1) is 0 Å². The zero-order valence-corrected chi connectivity index (χ0v) is 9.50. The molecule has 16 heavy (non-hydrogen) atoms. The van der Waals surface area contributed by atoms with Gasteiger partial charge in [0.1, 0.15) is 11.8 Å². The monoisotopic (exact) mass is 224 g/mol. The van der Waals surface area contributed by atoms with Gasteiger partial charge in [0, 0.05) is 11.4 Å². The number of aliphatic imine (C=N–C) groups is 1. The molecule has 0 N–H and O–H groups in total. The van der Waals surface area contributed by atoms with E-state index in [0.29, 0.717) is 0 Å². The fourth-order valence-electron chi connectivity index (χ4n) is 1.85. The molecule has 76 valence electrons. The Kier molecular flexibility index (Phi) is 2.45. The summed E-state index contributed by atoms with van der Waals surface area (Å²) in [4.78, 5) is 5.52. The van der Waals surface area contributed by atoms with Crippen molar-refractivity contribution in [3.63, 3.8) is 0 Å². The van der Waals surface area contributed by atoms with E-state index >= 15 is 0 Å². The summed E-state index contributed by atoms with van der Waals surface area (Å²) >= 11 is 1.58. The number of nitrogens with zero attached hydrogens (tertiary/aromatic N) is 1. The van der Waals surface area contributed by atoms with Crippen LogP contribution in [-0.4, -0.2) is 5.55 Å². The lowest BCUT2D eigenvalue weighted by Gasteiger charge is -1.99. The maximum Gasteiger partial charge on any atom is 0.272 e. The summed E-state index contributed by atoms with van der Waals surface area (Å²) in [6.07, 6.45) is 0.940. The van der Waals surface area contributed by atoms with E-state index in [0.717, 1.165) is 12.1 Å². The van der Waals surface area contributed by atoms with Crippen LogP contribution in [0.15, 0.2) is 58.4 Å². The highest BCUT2D eigenvalue weighted by molar-refractivity contribution is 8.12. The van der Waals surface area contributed by atoms with Gasteiger partial charge in [-0.25, -0.2) is 0 Å². The van der Waals surface area contributed by atoms with Gasteiger partial charge in [-0.2, -0.15) is 0 Å². The molecule has 0 amide bonds. The Hall–Kier alpha value is -1.63. The molecule has 2 aromatic rings. The maximum atomic E-state index is 4.31. The molecule has 0 bridgehead atoms. The number of benzene rings is 2. The van der Waals surface area contributed by atoms with Gasteiger partial charge < -0.3 is 0 Å². The summed E-state index contributed by atoms with van der Waals surface area (Å²) < 4.78 is 0. The van der Waals surface area contributed by atoms with Crippen molar-refractivity contribution in [2.75, 3.05) is 0 Å². The van der Waals surface area contributed by atoms with Gasteiger partial charge in [0.2, 0.25) is 5.69 Å². The second-order valence-electron chi connectivity index (χ2n) is 3.73. The number of fused-ring (bicyclic) bond motifs is 1. The quantitative estimate of drug-likeness (QED) is 0.704. The van der Waals surface area contributed by atoms with Crippen LogP contribution in [-0.2, 0) is 6.42 Å². The van der Waals surface area contributed by atoms with Crippen molar-refractivity contribution >= 4 is 23.0 Å². The Morgan fingerprint density at radius 3 is 2.75 bits per heavy atom. The van der Waals surface area contributed by atoms with Crippen LogP contribution in [0.1, 0.15) is 11.1 Å². The Labute approximate surface area is 99.2 Å². The van der Waals surface area contributed by atoms with Crippen molar-refractivity contribution in [3.8, 4) is 0 Å². The molecule has 1 heterocycles. The summed E-state index contributed by atoms with van der Waals surface area (Å²) in [6, 6.07) is 16.8. The molecular weight excluding hydrogens is 214 g/mol. The fourth-order valence-corrected chi connectivity index (χ4v) is 2.51. The van der Waals surface area contributed by atoms with Crippen molar-refractivity contribution in [1.82, 2.24) is 0 Å². The molecule has 1 aliphatic rings. The summed E-state index contributed by atoms with van der Waals surface area (Å²) in [5.41, 5.74) is 6.65. The minimum Gasteiger partial charge on any atom is -0.0622 e. The molecule has 1 nitrogen and oxygen atoms in total. The number of para-hydroxylation sites is 1. The van der Waals surface area contributed by atoms with Gasteiger partial charge in [-0.1, -0.05) is 36.4 Å². The van der Waals surface area contributed by atoms with E-state index in [9.17, 15) is 0 Å². The van der Waals surface area contributed by atoms with Crippen molar-refractivity contribution in [1.29, 1.82) is 0 Å². The van der Waals surface area contributed by atoms with Crippen LogP contribution in [0.5, 0.6) is 0 Å². The Bertz CT molecular complexity index is 532. The molecule has 3 rings (SSSR count). The topological polar surface area (TPSA) is 12.4 Å². The van der Waals surface area contributed by atoms with Gasteiger partial charge >= 0.3 is 0 Å². The van der Waals surface area contributed by atoms with Gasteiger partial charge in [-0.3, -0.25) is 0 Å². The standard InChI is InChI=1S/C14H10NS/c1-2-5-11(6-3-1)9-12-7-4-8-13-14(12)15-10-16-13/h1-8H,9H2/q+1. The van der Waals surface area contributed by atoms with Crippen LogP contribution in [0.2, 0.25) is 0 Å². The summed E-state index contributed by atoms with van der Waals surface area (Å²) in [5.74, 6) is 0. The summed E-state index contributed by atoms with van der Waals surface area (Å²) in [5, 5.41) is 0. The molecule has 0 unspecified atom stereocenters. The van der Waals surface area contributed by atoms with Crippen molar-refractivity contribution < 1.29 is 0 Å². The van der Waals surface area contributed by atoms with Crippen molar-refractivity contribution in [3.05, 3.63) is 59.7 Å². The third kappa shape index (κ3) is 1.73. The molecular formula is C14H10NS+. The van der Waals surface area contributed by atoms with Crippen LogP contribution in [0.3, 0.4) is 0 Å². The van der Waals surface area contributed by atoms with Crippen LogP contribution in [0.25, 0.3) is 0 Å². The molecule has 2 aromatic carbocycles. The zero-order chi connectivity index (χ0) is 10.8. The lowest BCUT2D eigenvalue weighted by atomic mass is 10.0. The number of hydrogen-bond donors (Lipinski definition) is 0.